The van der Waals surface area contributed by atoms with E-state index in [-0.39, 0.29) is 11.6 Å². The van der Waals surface area contributed by atoms with Crippen LogP contribution in [0.2, 0.25) is 5.02 Å². The summed E-state index contributed by atoms with van der Waals surface area (Å²) < 4.78 is 10.7. The average Bonchev–Trinajstić information content (AvgIpc) is 3.31. The Hall–Kier alpha value is -2.87. The maximum absolute atomic E-state index is 12.7. The van der Waals surface area contributed by atoms with Crippen LogP contribution >= 0.6 is 11.6 Å². The summed E-state index contributed by atoms with van der Waals surface area (Å²) in [4.78, 5) is 16.4. The third kappa shape index (κ3) is 3.28. The highest BCUT2D eigenvalue weighted by atomic mass is 35.5. The minimum Gasteiger partial charge on any atom is -0.408 e. The summed E-state index contributed by atoms with van der Waals surface area (Å²) in [5, 5.41) is 12.4. The molecule has 4 rings (SSSR count). The summed E-state index contributed by atoms with van der Waals surface area (Å²) in [5.74, 6) is 0.899. The van der Waals surface area contributed by atoms with Crippen LogP contribution in [0, 0.1) is 6.92 Å². The van der Waals surface area contributed by atoms with Gasteiger partial charge >= 0.3 is 6.01 Å². The first-order valence-electron chi connectivity index (χ1n) is 8.17. The minimum absolute atomic E-state index is 0.157. The smallest absolute Gasteiger partial charge is 0.318 e. The van der Waals surface area contributed by atoms with Gasteiger partial charge in [-0.15, -0.1) is 5.10 Å². The number of halogens is 1. The first kappa shape index (κ1) is 16.6. The Kier molecular flexibility index (Phi) is 4.34. The van der Waals surface area contributed by atoms with Gasteiger partial charge in [0.05, 0.1) is 0 Å². The average molecular weight is 374 g/mol. The Balaban J connectivity index is 1.42. The lowest BCUT2D eigenvalue weighted by atomic mass is 10.1. The molecule has 0 N–H and O–H groups in total. The van der Waals surface area contributed by atoms with Crippen molar-refractivity contribution in [1.29, 1.82) is 0 Å². The summed E-state index contributed by atoms with van der Waals surface area (Å²) in [7, 11) is 0. The molecule has 134 valence electrons. The van der Waals surface area contributed by atoms with Crippen molar-refractivity contribution in [3.8, 4) is 11.3 Å². The molecule has 0 atom stereocenters. The van der Waals surface area contributed by atoms with Gasteiger partial charge in [0.25, 0.3) is 5.91 Å². The summed E-state index contributed by atoms with van der Waals surface area (Å²) >= 11 is 5.89. The number of nitrogens with zero attached hydrogens (tertiary/aromatic N) is 5. The maximum atomic E-state index is 12.7. The molecule has 0 saturated carbocycles. The second-order valence-corrected chi connectivity index (χ2v) is 6.40. The first-order valence-corrected chi connectivity index (χ1v) is 8.55. The molecule has 3 heterocycles. The third-order valence-electron chi connectivity index (χ3n) is 4.21. The molecule has 26 heavy (non-hydrogen) atoms. The fourth-order valence-corrected chi connectivity index (χ4v) is 2.93. The number of hydrogen-bond acceptors (Lipinski definition) is 7. The molecule has 0 spiro atoms. The molecule has 3 aromatic rings. The minimum atomic E-state index is -0.157. The summed E-state index contributed by atoms with van der Waals surface area (Å²) in [5.41, 5.74) is 1.11. The third-order valence-corrected chi connectivity index (χ3v) is 4.46. The molecule has 0 radical (unpaired) electrons. The highest BCUT2D eigenvalue weighted by molar-refractivity contribution is 6.30. The standard InChI is InChI=1S/C17H16ClN5O3/c1-11-19-20-17(25-11)23-8-6-22(7-9-23)16(24)14-10-15(26-21-14)12-2-4-13(18)5-3-12/h2-5,10H,6-9H2,1H3. The van der Waals surface area contributed by atoms with E-state index in [9.17, 15) is 4.79 Å². The van der Waals surface area contributed by atoms with Gasteiger partial charge in [0, 0.05) is 49.8 Å². The SMILES string of the molecule is Cc1nnc(N2CCN(C(=O)c3cc(-c4ccc(Cl)cc4)on3)CC2)o1. The molecule has 0 unspecified atom stereocenters. The van der Waals surface area contributed by atoms with Gasteiger partial charge in [-0.3, -0.25) is 4.79 Å². The predicted molar refractivity (Wildman–Crippen MR) is 94.1 cm³/mol. The zero-order valence-electron chi connectivity index (χ0n) is 14.1. The Morgan fingerprint density at radius 2 is 1.85 bits per heavy atom. The van der Waals surface area contributed by atoms with Crippen LogP contribution in [0.5, 0.6) is 0 Å². The number of aryl methyl sites for hydroxylation is 1. The van der Waals surface area contributed by atoms with Crippen molar-refractivity contribution in [2.75, 3.05) is 31.1 Å². The van der Waals surface area contributed by atoms with E-state index >= 15 is 0 Å². The lowest BCUT2D eigenvalue weighted by Crippen LogP contribution is -2.49. The summed E-state index contributed by atoms with van der Waals surface area (Å²) in [6.45, 7) is 4.08. The van der Waals surface area contributed by atoms with Gasteiger partial charge in [-0.2, -0.15) is 0 Å². The van der Waals surface area contributed by atoms with Gasteiger partial charge in [-0.05, 0) is 24.3 Å². The Labute approximate surface area is 154 Å². The number of amides is 1. The second kappa shape index (κ2) is 6.80. The van der Waals surface area contributed by atoms with E-state index < -0.39 is 0 Å². The van der Waals surface area contributed by atoms with Crippen LogP contribution in [-0.4, -0.2) is 52.3 Å². The largest absolute Gasteiger partial charge is 0.408 e. The molecular formula is C17H16ClN5O3. The number of carbonyl (C=O) groups is 1. The normalized spacial score (nSPS) is 14.7. The van der Waals surface area contributed by atoms with Gasteiger partial charge in [0.2, 0.25) is 5.89 Å². The number of rotatable bonds is 3. The van der Waals surface area contributed by atoms with Crippen LogP contribution < -0.4 is 4.90 Å². The summed E-state index contributed by atoms with van der Waals surface area (Å²) in [6.07, 6.45) is 0. The Morgan fingerprint density at radius 3 is 2.50 bits per heavy atom. The molecule has 0 bridgehead atoms. The van der Waals surface area contributed by atoms with Crippen molar-refractivity contribution < 1.29 is 13.7 Å². The van der Waals surface area contributed by atoms with E-state index in [1.165, 1.54) is 0 Å². The summed E-state index contributed by atoms with van der Waals surface area (Å²) in [6, 6.07) is 9.31. The predicted octanol–water partition coefficient (Wildman–Crippen LogP) is 2.65. The van der Waals surface area contributed by atoms with Crippen LogP contribution in [0.3, 0.4) is 0 Å². The number of benzene rings is 1. The number of carbonyl (C=O) groups excluding carboxylic acids is 1. The van der Waals surface area contributed by atoms with Gasteiger partial charge < -0.3 is 18.7 Å². The van der Waals surface area contributed by atoms with E-state index in [1.54, 1.807) is 30.0 Å². The van der Waals surface area contributed by atoms with Crippen molar-refractivity contribution in [3.63, 3.8) is 0 Å². The molecule has 8 nitrogen and oxygen atoms in total. The maximum Gasteiger partial charge on any atom is 0.318 e. The van der Waals surface area contributed by atoms with Crippen LogP contribution in [0.4, 0.5) is 6.01 Å². The molecular weight excluding hydrogens is 358 g/mol. The number of aromatic nitrogens is 3. The van der Waals surface area contributed by atoms with Crippen LogP contribution in [0.25, 0.3) is 11.3 Å². The lowest BCUT2D eigenvalue weighted by molar-refractivity contribution is 0.0734. The van der Waals surface area contributed by atoms with Gasteiger partial charge in [0.1, 0.15) is 0 Å². The molecule has 1 aliphatic heterocycles. The van der Waals surface area contributed by atoms with E-state index in [2.05, 4.69) is 15.4 Å². The van der Waals surface area contributed by atoms with Crippen LogP contribution in [0.15, 0.2) is 39.3 Å². The van der Waals surface area contributed by atoms with E-state index in [4.69, 9.17) is 20.5 Å². The highest BCUT2D eigenvalue weighted by Crippen LogP contribution is 2.23. The highest BCUT2D eigenvalue weighted by Gasteiger charge is 2.26. The molecule has 0 aliphatic carbocycles. The fraction of sp³-hybridized carbons (Fsp3) is 0.294. The van der Waals surface area contributed by atoms with E-state index in [0.717, 1.165) is 5.56 Å². The Bertz CT molecular complexity index is 913. The van der Waals surface area contributed by atoms with Crippen molar-refractivity contribution in [3.05, 3.63) is 46.9 Å². The number of hydrogen-bond donors (Lipinski definition) is 0. The zero-order chi connectivity index (χ0) is 18.1. The lowest BCUT2D eigenvalue weighted by Gasteiger charge is -2.33. The van der Waals surface area contributed by atoms with Gasteiger partial charge in [-0.1, -0.05) is 21.9 Å². The first-order chi connectivity index (χ1) is 12.6. The second-order valence-electron chi connectivity index (χ2n) is 5.97. The van der Waals surface area contributed by atoms with Crippen LogP contribution in [0.1, 0.15) is 16.4 Å². The number of piperazine rings is 1. The molecule has 1 aliphatic rings. The molecule has 2 aromatic heterocycles. The molecule has 9 heteroatoms. The quantitative estimate of drug-likeness (QED) is 0.697. The zero-order valence-corrected chi connectivity index (χ0v) is 14.8. The van der Waals surface area contributed by atoms with E-state index in [0.29, 0.717) is 48.9 Å². The van der Waals surface area contributed by atoms with Crippen LogP contribution in [-0.2, 0) is 0 Å². The topological polar surface area (TPSA) is 88.5 Å². The van der Waals surface area contributed by atoms with Crippen molar-refractivity contribution in [2.24, 2.45) is 0 Å². The monoisotopic (exact) mass is 373 g/mol. The van der Waals surface area contributed by atoms with Gasteiger partial charge in [-0.25, -0.2) is 0 Å². The van der Waals surface area contributed by atoms with E-state index in [1.807, 2.05) is 17.0 Å². The molecule has 1 fully saturated rings. The molecule has 1 amide bonds. The van der Waals surface area contributed by atoms with Crippen molar-refractivity contribution in [1.82, 2.24) is 20.3 Å². The molecule has 1 saturated heterocycles. The van der Waals surface area contributed by atoms with Gasteiger partial charge in [0.15, 0.2) is 11.5 Å². The molecule has 1 aromatic carbocycles. The van der Waals surface area contributed by atoms with Crippen molar-refractivity contribution in [2.45, 2.75) is 6.92 Å². The number of anilines is 1. The Morgan fingerprint density at radius 1 is 1.12 bits per heavy atom. The fourth-order valence-electron chi connectivity index (χ4n) is 2.80. The van der Waals surface area contributed by atoms with Crippen molar-refractivity contribution >= 4 is 23.5 Å².